The lowest BCUT2D eigenvalue weighted by Crippen LogP contribution is -2.59. The van der Waals surface area contributed by atoms with E-state index in [-0.39, 0.29) is 32.5 Å². The molecule has 0 saturated heterocycles. The second kappa shape index (κ2) is 10.9. The summed E-state index contributed by atoms with van der Waals surface area (Å²) >= 11 is 0. The minimum absolute atomic E-state index is 0.142. The Hall–Kier alpha value is 0. The topological polar surface area (TPSA) is 0 Å². The molecule has 0 heterocycles. The molecule has 36 heavy (non-hydrogen) atoms. The van der Waals surface area contributed by atoms with E-state index < -0.39 is 0 Å². The third kappa shape index (κ3) is 5.93. The molecule has 0 N–H and O–H groups in total. The minimum Gasteiger partial charge on any atom is -0.0651 e. The fourth-order valence-corrected chi connectivity index (χ4v) is 8.00. The lowest BCUT2D eigenvalue weighted by atomic mass is 9.40. The monoisotopic (exact) mass is 507 g/mol. The van der Waals surface area contributed by atoms with Crippen LogP contribution in [-0.2, 0) is 0 Å². The molecular formula is C36H74. The molecular weight excluding hydrogens is 432 g/mol. The second-order valence-corrected chi connectivity index (χ2v) is 17.9. The van der Waals surface area contributed by atoms with Crippen LogP contribution in [0.15, 0.2) is 0 Å². The molecule has 0 aliphatic heterocycles. The maximum Gasteiger partial charge on any atom is -0.0244 e. The summed E-state index contributed by atoms with van der Waals surface area (Å²) in [6, 6.07) is 0. The van der Waals surface area contributed by atoms with Gasteiger partial charge < -0.3 is 0 Å². The first kappa shape index (κ1) is 36.0. The molecule has 218 valence electrons. The predicted molar refractivity (Wildman–Crippen MR) is 167 cm³/mol. The SMILES string of the molecule is CC[C@@H](C)[C@H](C)[C@@H](C)C(C)(C)C(C)(C)C(C)(C)C(C)(C)[C@H](C)C(C)(C)[C@H](C)C(C)(C)[C@H](C)C(C)(C)C. The molecule has 0 unspecified atom stereocenters. The predicted octanol–water partition coefficient (Wildman–Crippen LogP) is 12.4. The van der Waals surface area contributed by atoms with Crippen molar-refractivity contribution in [3.05, 3.63) is 0 Å². The maximum absolute atomic E-state index is 2.59. The molecule has 0 nitrogen and oxygen atoms in total. The molecule has 0 rings (SSSR count). The Labute approximate surface area is 232 Å². The minimum atomic E-state index is 0.142. The largest absolute Gasteiger partial charge is 0.0651 e. The molecule has 0 bridgehead atoms. The van der Waals surface area contributed by atoms with Crippen LogP contribution in [0.3, 0.4) is 0 Å². The summed E-state index contributed by atoms with van der Waals surface area (Å²) in [4.78, 5) is 0. The molecule has 0 saturated carbocycles. The number of hydrogen-bond donors (Lipinski definition) is 0. The van der Waals surface area contributed by atoms with Crippen molar-refractivity contribution >= 4 is 0 Å². The molecule has 0 aliphatic rings. The zero-order chi connectivity index (χ0) is 29.7. The number of hydrogen-bond acceptors (Lipinski definition) is 0. The summed E-state index contributed by atoms with van der Waals surface area (Å²) in [7, 11) is 0. The summed E-state index contributed by atoms with van der Waals surface area (Å²) in [6.45, 7) is 55.6. The van der Waals surface area contributed by atoms with Crippen molar-refractivity contribution in [1.29, 1.82) is 0 Å². The Balaban J connectivity index is 6.52. The standard InChI is InChI=1S/C36H74/c1-23-24(2)25(3)26(4)33(15,16)35(19,20)36(21,22)34(17,18)29(7)32(13,14)28(6)31(11,12)27(5)30(8,9)10/h24-29H,23H2,1-22H3/t24-,25+,26-,27-,28-,29-/m1/s1. The van der Waals surface area contributed by atoms with Crippen molar-refractivity contribution < 1.29 is 0 Å². The van der Waals surface area contributed by atoms with Gasteiger partial charge in [0.2, 0.25) is 0 Å². The first-order valence-corrected chi connectivity index (χ1v) is 15.5. The van der Waals surface area contributed by atoms with E-state index in [2.05, 4.69) is 152 Å². The summed E-state index contributed by atoms with van der Waals surface area (Å²) in [5.74, 6) is 3.95. The average molecular weight is 507 g/mol. The van der Waals surface area contributed by atoms with Gasteiger partial charge in [-0.05, 0) is 73.4 Å². The smallest absolute Gasteiger partial charge is 0.0244 e. The Kier molecular flexibility index (Phi) is 10.9. The van der Waals surface area contributed by atoms with Gasteiger partial charge in [-0.3, -0.25) is 0 Å². The normalized spacial score (nSPS) is 20.5. The molecule has 0 spiro atoms. The van der Waals surface area contributed by atoms with Crippen molar-refractivity contribution in [1.82, 2.24) is 0 Å². The molecule has 0 radical (unpaired) electrons. The number of rotatable bonds is 12. The van der Waals surface area contributed by atoms with Crippen LogP contribution in [0, 0.1) is 73.4 Å². The van der Waals surface area contributed by atoms with E-state index in [1.807, 2.05) is 0 Å². The fourth-order valence-electron chi connectivity index (χ4n) is 8.00. The van der Waals surface area contributed by atoms with Crippen LogP contribution in [0.4, 0.5) is 0 Å². The van der Waals surface area contributed by atoms with Gasteiger partial charge in [-0.2, -0.15) is 0 Å². The Morgan fingerprint density at radius 1 is 0.444 bits per heavy atom. The molecule has 0 amide bonds. The van der Waals surface area contributed by atoms with Gasteiger partial charge >= 0.3 is 0 Å². The van der Waals surface area contributed by atoms with Gasteiger partial charge in [0, 0.05) is 0 Å². The quantitative estimate of drug-likeness (QED) is 0.247. The van der Waals surface area contributed by atoms with E-state index in [1.165, 1.54) is 6.42 Å². The van der Waals surface area contributed by atoms with Gasteiger partial charge in [0.05, 0.1) is 0 Å². The zero-order valence-electron chi connectivity index (χ0n) is 29.7. The van der Waals surface area contributed by atoms with Crippen LogP contribution in [0.5, 0.6) is 0 Å². The molecule has 0 aromatic carbocycles. The van der Waals surface area contributed by atoms with Crippen LogP contribution in [0.1, 0.15) is 159 Å². The Morgan fingerprint density at radius 2 is 0.778 bits per heavy atom. The summed E-state index contributed by atoms with van der Waals surface area (Å²) in [5.41, 5.74) is 1.44. The van der Waals surface area contributed by atoms with E-state index in [4.69, 9.17) is 0 Å². The molecule has 0 aromatic rings. The summed E-state index contributed by atoms with van der Waals surface area (Å²) < 4.78 is 0. The molecule has 0 fully saturated rings. The van der Waals surface area contributed by atoms with Crippen molar-refractivity contribution in [2.45, 2.75) is 159 Å². The van der Waals surface area contributed by atoms with Crippen molar-refractivity contribution in [3.8, 4) is 0 Å². The van der Waals surface area contributed by atoms with Gasteiger partial charge in [0.25, 0.3) is 0 Å². The highest BCUT2D eigenvalue weighted by Gasteiger charge is 2.60. The first-order chi connectivity index (χ1) is 15.5. The average Bonchev–Trinajstić information content (AvgIpc) is 2.74. The van der Waals surface area contributed by atoms with Gasteiger partial charge in [-0.25, -0.2) is 0 Å². The molecule has 0 aliphatic carbocycles. The van der Waals surface area contributed by atoms with Gasteiger partial charge in [0.15, 0.2) is 0 Å². The van der Waals surface area contributed by atoms with Crippen molar-refractivity contribution in [3.63, 3.8) is 0 Å². The van der Waals surface area contributed by atoms with Crippen molar-refractivity contribution in [2.24, 2.45) is 73.4 Å². The third-order valence-corrected chi connectivity index (χ3v) is 15.1. The fraction of sp³-hybridized carbons (Fsp3) is 1.00. The molecule has 0 aromatic heterocycles. The van der Waals surface area contributed by atoms with Crippen LogP contribution in [-0.4, -0.2) is 0 Å². The van der Waals surface area contributed by atoms with E-state index in [0.29, 0.717) is 29.1 Å². The maximum atomic E-state index is 2.59. The summed E-state index contributed by atoms with van der Waals surface area (Å²) in [6.07, 6.45) is 1.27. The lowest BCUT2D eigenvalue weighted by molar-refractivity contribution is -0.167. The van der Waals surface area contributed by atoms with Gasteiger partial charge in [-0.15, -0.1) is 0 Å². The Morgan fingerprint density at radius 3 is 1.11 bits per heavy atom. The first-order valence-electron chi connectivity index (χ1n) is 15.5. The van der Waals surface area contributed by atoms with Crippen LogP contribution < -0.4 is 0 Å². The highest BCUT2D eigenvalue weighted by atomic mass is 14.6. The van der Waals surface area contributed by atoms with Crippen LogP contribution in [0.25, 0.3) is 0 Å². The van der Waals surface area contributed by atoms with Gasteiger partial charge in [0.1, 0.15) is 0 Å². The molecule has 0 heteroatoms. The van der Waals surface area contributed by atoms with E-state index in [9.17, 15) is 0 Å². The molecule has 6 atom stereocenters. The Bertz CT molecular complexity index is 690. The highest BCUT2D eigenvalue weighted by Crippen LogP contribution is 2.67. The van der Waals surface area contributed by atoms with Gasteiger partial charge in [-0.1, -0.05) is 159 Å². The third-order valence-electron chi connectivity index (χ3n) is 15.1. The van der Waals surface area contributed by atoms with E-state index in [0.717, 1.165) is 11.8 Å². The van der Waals surface area contributed by atoms with E-state index >= 15 is 0 Å². The summed E-state index contributed by atoms with van der Waals surface area (Å²) in [5, 5.41) is 0. The second-order valence-electron chi connectivity index (χ2n) is 17.9. The van der Waals surface area contributed by atoms with Crippen LogP contribution in [0.2, 0.25) is 0 Å². The highest BCUT2D eigenvalue weighted by molar-refractivity contribution is 5.08. The van der Waals surface area contributed by atoms with Crippen molar-refractivity contribution in [2.75, 3.05) is 0 Å². The van der Waals surface area contributed by atoms with E-state index in [1.54, 1.807) is 0 Å². The zero-order valence-corrected chi connectivity index (χ0v) is 29.7. The lowest BCUT2D eigenvalue weighted by Gasteiger charge is -2.65. The van der Waals surface area contributed by atoms with Crippen LogP contribution >= 0.6 is 0 Å².